The van der Waals surface area contributed by atoms with Crippen LogP contribution in [0.15, 0.2) is 42.5 Å². The van der Waals surface area contributed by atoms with Crippen molar-refractivity contribution in [3.05, 3.63) is 59.2 Å². The summed E-state index contributed by atoms with van der Waals surface area (Å²) in [6, 6.07) is 19.3. The Balaban J connectivity index is 2.11. The minimum absolute atomic E-state index is 0.297. The van der Waals surface area contributed by atoms with Crippen LogP contribution in [0, 0.1) is 22.7 Å². The van der Waals surface area contributed by atoms with Gasteiger partial charge in [-0.2, -0.15) is 10.5 Å². The highest BCUT2D eigenvalue weighted by Crippen LogP contribution is 2.48. The van der Waals surface area contributed by atoms with E-state index in [-0.39, 0.29) is 0 Å². The molecule has 2 nitrogen and oxygen atoms in total. The van der Waals surface area contributed by atoms with Crippen LogP contribution in [0.25, 0.3) is 11.1 Å². The van der Waals surface area contributed by atoms with Crippen LogP contribution in [0.5, 0.6) is 0 Å². The van der Waals surface area contributed by atoms with Crippen LogP contribution in [-0.4, -0.2) is 0 Å². The Morgan fingerprint density at radius 1 is 0.857 bits per heavy atom. The third-order valence-electron chi connectivity index (χ3n) is 4.22. The predicted molar refractivity (Wildman–Crippen MR) is 82.5 cm³/mol. The van der Waals surface area contributed by atoms with Gasteiger partial charge in [-0.3, -0.25) is 0 Å². The summed E-state index contributed by atoms with van der Waals surface area (Å²) in [6.07, 6.45) is 2.74. The predicted octanol–water partition coefficient (Wildman–Crippen LogP) is 4.56. The van der Waals surface area contributed by atoms with E-state index in [1.54, 1.807) is 0 Å². The summed E-state index contributed by atoms with van der Waals surface area (Å²) in [7, 11) is 0. The molecule has 0 radical (unpaired) electrons. The van der Waals surface area contributed by atoms with E-state index in [0.717, 1.165) is 12.8 Å². The van der Waals surface area contributed by atoms with Crippen LogP contribution in [0.4, 0.5) is 0 Å². The Kier molecular flexibility index (Phi) is 3.71. The molecule has 0 saturated carbocycles. The molecule has 0 amide bonds. The molecule has 0 spiro atoms. The van der Waals surface area contributed by atoms with Crippen LogP contribution in [-0.2, 0) is 6.42 Å². The number of nitrogens with zero attached hydrogens (tertiary/aromatic N) is 2. The summed E-state index contributed by atoms with van der Waals surface area (Å²) in [6.45, 7) is 0. The average molecular weight is 272 g/mol. The topological polar surface area (TPSA) is 47.6 Å². The van der Waals surface area contributed by atoms with Crippen molar-refractivity contribution in [1.29, 1.82) is 10.5 Å². The van der Waals surface area contributed by atoms with Gasteiger partial charge in [0.25, 0.3) is 0 Å². The largest absolute Gasteiger partial charge is 0.198 e. The van der Waals surface area contributed by atoms with E-state index in [1.807, 2.05) is 0 Å². The van der Waals surface area contributed by atoms with E-state index >= 15 is 0 Å². The third kappa shape index (κ3) is 2.30. The molecule has 0 fully saturated rings. The van der Waals surface area contributed by atoms with Crippen LogP contribution in [0.3, 0.4) is 0 Å². The molecule has 2 aromatic carbocycles. The zero-order valence-corrected chi connectivity index (χ0v) is 11.8. The summed E-state index contributed by atoms with van der Waals surface area (Å²) < 4.78 is 0. The quantitative estimate of drug-likeness (QED) is 0.819. The highest BCUT2D eigenvalue weighted by Gasteiger charge is 2.29. The van der Waals surface area contributed by atoms with Crippen molar-refractivity contribution in [2.45, 2.75) is 31.6 Å². The smallest absolute Gasteiger partial charge is 0.0625 e. The van der Waals surface area contributed by atoms with E-state index in [4.69, 9.17) is 10.5 Å². The Labute approximate surface area is 125 Å². The zero-order valence-electron chi connectivity index (χ0n) is 11.8. The molecular formula is C19H16N2. The lowest BCUT2D eigenvalue weighted by Crippen LogP contribution is -2.01. The summed E-state index contributed by atoms with van der Waals surface area (Å²) in [5, 5.41) is 17.8. The second kappa shape index (κ2) is 5.81. The average Bonchev–Trinajstić information content (AvgIpc) is 2.85. The van der Waals surface area contributed by atoms with Gasteiger partial charge in [0, 0.05) is 18.8 Å². The Bertz CT molecular complexity index is 747. The minimum atomic E-state index is 0.297. The minimum Gasteiger partial charge on any atom is -0.198 e. The van der Waals surface area contributed by atoms with Crippen LogP contribution in [0.2, 0.25) is 0 Å². The van der Waals surface area contributed by atoms with Crippen molar-refractivity contribution in [3.8, 4) is 23.3 Å². The lowest BCUT2D eigenvalue weighted by atomic mass is 9.88. The van der Waals surface area contributed by atoms with Crippen molar-refractivity contribution in [2.75, 3.05) is 0 Å². The molecular weight excluding hydrogens is 256 g/mol. The maximum absolute atomic E-state index is 8.94. The molecule has 0 aromatic heterocycles. The first kappa shape index (κ1) is 13.4. The highest BCUT2D eigenvalue weighted by atomic mass is 14.3. The SMILES string of the molecule is N#CCCc1cccc2c1C(CCC#N)c1ccccc1-2. The second-order valence-electron chi connectivity index (χ2n) is 5.37. The molecule has 1 atom stereocenters. The maximum atomic E-state index is 8.94. The monoisotopic (exact) mass is 272 g/mol. The molecule has 2 aromatic rings. The first-order valence-corrected chi connectivity index (χ1v) is 7.31. The molecule has 3 rings (SSSR count). The molecule has 1 unspecified atom stereocenters. The number of rotatable bonds is 4. The second-order valence-corrected chi connectivity index (χ2v) is 5.37. The molecule has 1 aliphatic rings. The molecule has 1 aliphatic carbocycles. The molecule has 2 heteroatoms. The summed E-state index contributed by atoms with van der Waals surface area (Å²) in [5.74, 6) is 0.297. The summed E-state index contributed by atoms with van der Waals surface area (Å²) >= 11 is 0. The van der Waals surface area contributed by atoms with Crippen molar-refractivity contribution in [3.63, 3.8) is 0 Å². The van der Waals surface area contributed by atoms with Crippen molar-refractivity contribution < 1.29 is 0 Å². The first-order valence-electron chi connectivity index (χ1n) is 7.31. The number of hydrogen-bond acceptors (Lipinski definition) is 2. The van der Waals surface area contributed by atoms with Gasteiger partial charge in [0.1, 0.15) is 0 Å². The van der Waals surface area contributed by atoms with Crippen LogP contribution < -0.4 is 0 Å². The van der Waals surface area contributed by atoms with Gasteiger partial charge in [-0.1, -0.05) is 42.5 Å². The van der Waals surface area contributed by atoms with Gasteiger partial charge < -0.3 is 0 Å². The molecule has 21 heavy (non-hydrogen) atoms. The Morgan fingerprint density at radius 2 is 1.62 bits per heavy atom. The number of hydrogen-bond donors (Lipinski definition) is 0. The van der Waals surface area contributed by atoms with Gasteiger partial charge in [-0.25, -0.2) is 0 Å². The lowest BCUT2D eigenvalue weighted by molar-refractivity contribution is 0.739. The molecule has 0 N–H and O–H groups in total. The summed E-state index contributed by atoms with van der Waals surface area (Å²) in [4.78, 5) is 0. The Morgan fingerprint density at radius 3 is 2.43 bits per heavy atom. The standard InChI is InChI=1S/C19H16N2/c20-12-4-7-14-6-3-10-17-15-8-1-2-9-16(15)18(19(14)17)11-5-13-21/h1-3,6,8-10,18H,4-5,7,11H2. The van der Waals surface area contributed by atoms with Crippen molar-refractivity contribution in [2.24, 2.45) is 0 Å². The fraction of sp³-hybridized carbons (Fsp3) is 0.263. The molecule has 0 saturated heterocycles. The zero-order chi connectivity index (χ0) is 14.7. The first-order chi connectivity index (χ1) is 10.4. The number of aryl methyl sites for hydroxylation is 1. The maximum Gasteiger partial charge on any atom is 0.0625 e. The normalized spacial score (nSPS) is 14.9. The molecule has 0 heterocycles. The van der Waals surface area contributed by atoms with Crippen molar-refractivity contribution >= 4 is 0 Å². The van der Waals surface area contributed by atoms with E-state index in [9.17, 15) is 0 Å². The van der Waals surface area contributed by atoms with Crippen LogP contribution in [0.1, 0.15) is 41.9 Å². The molecule has 102 valence electrons. The van der Waals surface area contributed by atoms with Crippen molar-refractivity contribution in [1.82, 2.24) is 0 Å². The number of fused-ring (bicyclic) bond motifs is 3. The lowest BCUT2D eigenvalue weighted by Gasteiger charge is -2.15. The third-order valence-corrected chi connectivity index (χ3v) is 4.22. The molecule has 0 aliphatic heterocycles. The highest BCUT2D eigenvalue weighted by molar-refractivity contribution is 5.80. The molecule has 0 bridgehead atoms. The summed E-state index contributed by atoms with van der Waals surface area (Å²) in [5.41, 5.74) is 6.49. The van der Waals surface area contributed by atoms with Gasteiger partial charge in [0.2, 0.25) is 0 Å². The van der Waals surface area contributed by atoms with E-state index in [1.165, 1.54) is 27.8 Å². The van der Waals surface area contributed by atoms with E-state index in [0.29, 0.717) is 18.8 Å². The van der Waals surface area contributed by atoms with Gasteiger partial charge in [0.15, 0.2) is 0 Å². The fourth-order valence-electron chi connectivity index (χ4n) is 3.38. The van der Waals surface area contributed by atoms with E-state index < -0.39 is 0 Å². The van der Waals surface area contributed by atoms with Gasteiger partial charge in [-0.15, -0.1) is 0 Å². The fourth-order valence-corrected chi connectivity index (χ4v) is 3.38. The number of nitriles is 2. The van der Waals surface area contributed by atoms with Gasteiger partial charge in [0.05, 0.1) is 12.1 Å². The Hall–Kier alpha value is -2.58. The number of benzene rings is 2. The van der Waals surface area contributed by atoms with Gasteiger partial charge >= 0.3 is 0 Å². The van der Waals surface area contributed by atoms with Crippen LogP contribution >= 0.6 is 0 Å². The van der Waals surface area contributed by atoms with Gasteiger partial charge in [-0.05, 0) is 40.7 Å². The van der Waals surface area contributed by atoms with E-state index in [2.05, 4.69) is 54.6 Å².